The highest BCUT2D eigenvalue weighted by Gasteiger charge is 2.28. The van der Waals surface area contributed by atoms with E-state index in [4.69, 9.17) is 0 Å². The molecule has 0 atom stereocenters. The van der Waals surface area contributed by atoms with Crippen molar-refractivity contribution in [2.45, 2.75) is 13.8 Å². The number of likely N-dealkylation sites (N-methyl/N-ethyl adjacent to an activating group) is 2. The van der Waals surface area contributed by atoms with Crippen LogP contribution < -0.4 is 0 Å². The molecule has 0 N–H and O–H groups in total. The van der Waals surface area contributed by atoms with Crippen molar-refractivity contribution in [3.63, 3.8) is 0 Å². The van der Waals surface area contributed by atoms with Crippen LogP contribution in [-0.4, -0.2) is 96.9 Å². The lowest BCUT2D eigenvalue weighted by atomic mass is 10.0. The van der Waals surface area contributed by atoms with Gasteiger partial charge in [0.1, 0.15) is 0 Å². The predicted octanol–water partition coefficient (Wildman–Crippen LogP) is 1.24. The maximum absolute atomic E-state index is 13.0. The summed E-state index contributed by atoms with van der Waals surface area (Å²) in [5.74, 6) is -0.0335. The summed E-state index contributed by atoms with van der Waals surface area (Å²) < 4.78 is 0. The molecule has 26 heavy (non-hydrogen) atoms. The number of carbonyl (C=O) groups is 2. The second-order valence-electron chi connectivity index (χ2n) is 7.00. The first-order chi connectivity index (χ1) is 12.6. The first kappa shape index (κ1) is 18.9. The minimum atomic E-state index is -0.0168. The van der Waals surface area contributed by atoms with E-state index in [1.807, 2.05) is 21.9 Å². The van der Waals surface area contributed by atoms with Gasteiger partial charge in [-0.3, -0.25) is 9.59 Å². The standard InChI is InChI=1S/C20H30N4O2/c1-3-21-9-13-23(14-10-21)19(25)17-7-5-6-8-18(17)20(26)24-15-11-22(4-2)12-16-24/h5-8H,3-4,9-16H2,1-2H3. The summed E-state index contributed by atoms with van der Waals surface area (Å²) in [7, 11) is 0. The van der Waals surface area contributed by atoms with Crippen LogP contribution in [-0.2, 0) is 0 Å². The van der Waals surface area contributed by atoms with E-state index in [0.717, 1.165) is 65.4 Å². The summed E-state index contributed by atoms with van der Waals surface area (Å²) in [5.41, 5.74) is 1.08. The molecule has 0 aromatic heterocycles. The number of hydrogen-bond donors (Lipinski definition) is 0. The van der Waals surface area contributed by atoms with E-state index in [-0.39, 0.29) is 11.8 Å². The number of benzene rings is 1. The SMILES string of the molecule is CCN1CCN(C(=O)c2ccccc2C(=O)N2CCN(CC)CC2)CC1. The molecule has 2 saturated heterocycles. The van der Waals surface area contributed by atoms with Crippen LogP contribution in [0, 0.1) is 0 Å². The third-order valence-electron chi connectivity index (χ3n) is 5.60. The molecule has 3 rings (SSSR count). The number of carbonyl (C=O) groups excluding carboxylic acids is 2. The van der Waals surface area contributed by atoms with E-state index in [0.29, 0.717) is 11.1 Å². The van der Waals surface area contributed by atoms with Crippen molar-refractivity contribution in [2.24, 2.45) is 0 Å². The Hall–Kier alpha value is -1.92. The van der Waals surface area contributed by atoms with Crippen LogP contribution in [0.3, 0.4) is 0 Å². The normalized spacial score (nSPS) is 19.6. The zero-order valence-corrected chi connectivity index (χ0v) is 16.0. The lowest BCUT2D eigenvalue weighted by Gasteiger charge is -2.35. The lowest BCUT2D eigenvalue weighted by Crippen LogP contribution is -2.50. The van der Waals surface area contributed by atoms with Gasteiger partial charge in [-0.15, -0.1) is 0 Å². The van der Waals surface area contributed by atoms with Crippen LogP contribution in [0.15, 0.2) is 24.3 Å². The summed E-state index contributed by atoms with van der Waals surface area (Å²) >= 11 is 0. The number of hydrogen-bond acceptors (Lipinski definition) is 4. The molecule has 6 heteroatoms. The molecule has 1 aromatic carbocycles. The fourth-order valence-corrected chi connectivity index (χ4v) is 3.73. The summed E-state index contributed by atoms with van der Waals surface area (Å²) in [4.78, 5) is 34.5. The highest BCUT2D eigenvalue weighted by Crippen LogP contribution is 2.17. The lowest BCUT2D eigenvalue weighted by molar-refractivity contribution is 0.0605. The summed E-state index contributed by atoms with van der Waals surface area (Å²) in [5, 5.41) is 0. The van der Waals surface area contributed by atoms with Crippen LogP contribution in [0.5, 0.6) is 0 Å². The molecule has 0 spiro atoms. The van der Waals surface area contributed by atoms with Crippen molar-refractivity contribution in [3.05, 3.63) is 35.4 Å². The molecule has 0 aliphatic carbocycles. The van der Waals surface area contributed by atoms with Crippen LogP contribution >= 0.6 is 0 Å². The Morgan fingerprint density at radius 3 is 1.35 bits per heavy atom. The highest BCUT2D eigenvalue weighted by molar-refractivity contribution is 6.07. The van der Waals surface area contributed by atoms with E-state index in [2.05, 4.69) is 23.6 Å². The molecule has 2 amide bonds. The van der Waals surface area contributed by atoms with Crippen LogP contribution in [0.4, 0.5) is 0 Å². The molecule has 2 heterocycles. The number of amides is 2. The second kappa shape index (κ2) is 8.64. The third kappa shape index (κ3) is 4.07. The van der Waals surface area contributed by atoms with Gasteiger partial charge >= 0.3 is 0 Å². The molecule has 2 aliphatic rings. The molecule has 142 valence electrons. The Morgan fingerprint density at radius 1 is 0.692 bits per heavy atom. The summed E-state index contributed by atoms with van der Waals surface area (Å²) in [6.07, 6.45) is 0. The van der Waals surface area contributed by atoms with Gasteiger partial charge in [-0.25, -0.2) is 0 Å². The van der Waals surface area contributed by atoms with E-state index < -0.39 is 0 Å². The van der Waals surface area contributed by atoms with Gasteiger partial charge in [0.05, 0.1) is 11.1 Å². The maximum Gasteiger partial charge on any atom is 0.254 e. The van der Waals surface area contributed by atoms with Gasteiger partial charge in [-0.2, -0.15) is 0 Å². The van der Waals surface area contributed by atoms with Gasteiger partial charge in [0, 0.05) is 52.4 Å². The molecular formula is C20H30N4O2. The number of piperazine rings is 2. The van der Waals surface area contributed by atoms with Gasteiger partial charge in [-0.05, 0) is 25.2 Å². The zero-order chi connectivity index (χ0) is 18.5. The minimum absolute atomic E-state index is 0.0168. The molecule has 1 aromatic rings. The van der Waals surface area contributed by atoms with Gasteiger partial charge in [0.25, 0.3) is 11.8 Å². The molecule has 6 nitrogen and oxygen atoms in total. The molecule has 0 unspecified atom stereocenters. The number of rotatable bonds is 4. The zero-order valence-electron chi connectivity index (χ0n) is 16.0. The van der Waals surface area contributed by atoms with E-state index in [9.17, 15) is 9.59 Å². The summed E-state index contributed by atoms with van der Waals surface area (Å²) in [6, 6.07) is 7.29. The average molecular weight is 358 g/mol. The molecule has 2 fully saturated rings. The first-order valence-electron chi connectivity index (χ1n) is 9.76. The van der Waals surface area contributed by atoms with Crippen LogP contribution in [0.1, 0.15) is 34.6 Å². The van der Waals surface area contributed by atoms with Gasteiger partial charge in [0.2, 0.25) is 0 Å². The van der Waals surface area contributed by atoms with Crippen molar-refractivity contribution >= 4 is 11.8 Å². The van der Waals surface area contributed by atoms with Crippen LogP contribution in [0.25, 0.3) is 0 Å². The van der Waals surface area contributed by atoms with E-state index in [1.165, 1.54) is 0 Å². The van der Waals surface area contributed by atoms with Gasteiger partial charge in [0.15, 0.2) is 0 Å². The number of nitrogens with zero attached hydrogens (tertiary/aromatic N) is 4. The van der Waals surface area contributed by atoms with Gasteiger partial charge < -0.3 is 19.6 Å². The smallest absolute Gasteiger partial charge is 0.254 e. The topological polar surface area (TPSA) is 47.1 Å². The predicted molar refractivity (Wildman–Crippen MR) is 102 cm³/mol. The molecule has 0 bridgehead atoms. The fourth-order valence-electron chi connectivity index (χ4n) is 3.73. The molecule has 2 aliphatic heterocycles. The van der Waals surface area contributed by atoms with Crippen molar-refractivity contribution in [1.29, 1.82) is 0 Å². The van der Waals surface area contributed by atoms with Crippen LogP contribution in [0.2, 0.25) is 0 Å². The Morgan fingerprint density at radius 2 is 1.04 bits per heavy atom. The van der Waals surface area contributed by atoms with Crippen molar-refractivity contribution < 1.29 is 9.59 Å². The Balaban J connectivity index is 1.72. The van der Waals surface area contributed by atoms with Crippen molar-refractivity contribution in [3.8, 4) is 0 Å². The third-order valence-corrected chi connectivity index (χ3v) is 5.60. The first-order valence-corrected chi connectivity index (χ1v) is 9.76. The summed E-state index contributed by atoms with van der Waals surface area (Å²) in [6.45, 7) is 12.8. The molecular weight excluding hydrogens is 328 g/mol. The van der Waals surface area contributed by atoms with Crippen molar-refractivity contribution in [2.75, 3.05) is 65.4 Å². The molecule has 0 radical (unpaired) electrons. The Bertz CT molecular complexity index is 577. The monoisotopic (exact) mass is 358 g/mol. The van der Waals surface area contributed by atoms with E-state index >= 15 is 0 Å². The fraction of sp³-hybridized carbons (Fsp3) is 0.600. The van der Waals surface area contributed by atoms with Crippen molar-refractivity contribution in [1.82, 2.24) is 19.6 Å². The average Bonchev–Trinajstić information content (AvgIpc) is 2.73. The maximum atomic E-state index is 13.0. The highest BCUT2D eigenvalue weighted by atomic mass is 16.2. The Kier molecular flexibility index (Phi) is 6.27. The second-order valence-corrected chi connectivity index (χ2v) is 7.00. The van der Waals surface area contributed by atoms with Gasteiger partial charge in [-0.1, -0.05) is 26.0 Å². The molecule has 0 saturated carbocycles. The quantitative estimate of drug-likeness (QED) is 0.813. The van der Waals surface area contributed by atoms with E-state index in [1.54, 1.807) is 12.1 Å². The minimum Gasteiger partial charge on any atom is -0.336 e. The largest absolute Gasteiger partial charge is 0.336 e. The Labute approximate surface area is 156 Å².